The van der Waals surface area contributed by atoms with Gasteiger partial charge in [-0.1, -0.05) is 36.4 Å². The molecule has 0 radical (unpaired) electrons. The first-order chi connectivity index (χ1) is 15.1. The lowest BCUT2D eigenvalue weighted by Crippen LogP contribution is -2.41. The van der Waals surface area contributed by atoms with Crippen LogP contribution in [0, 0.1) is 12.7 Å². The SMILES string of the molecule is CCNC(=NCc1cccc(Cn2ccnc2C)c1)NCC1(c2cccc(F)c2)CC1.I. The van der Waals surface area contributed by atoms with E-state index in [4.69, 9.17) is 4.99 Å². The summed E-state index contributed by atoms with van der Waals surface area (Å²) in [5, 5.41) is 6.80. The number of hydrogen-bond donors (Lipinski definition) is 2. The Labute approximate surface area is 206 Å². The first-order valence-corrected chi connectivity index (χ1v) is 10.9. The topological polar surface area (TPSA) is 54.2 Å². The molecule has 0 amide bonds. The number of nitrogens with one attached hydrogen (secondary N) is 2. The van der Waals surface area contributed by atoms with Gasteiger partial charge in [-0.05, 0) is 55.5 Å². The molecule has 1 heterocycles. The zero-order chi connectivity index (χ0) is 21.7. The standard InChI is InChI=1S/C25H30FN5.HI/c1-3-27-24(30-18-25(10-11-25)22-8-5-9-23(26)15-22)29-16-20-6-4-7-21(14-20)17-31-13-12-28-19(31)2;/h4-9,12-15H,3,10-11,16-18H2,1-2H3,(H2,27,29,30);1H. The minimum Gasteiger partial charge on any atom is -0.357 e. The second-order valence-electron chi connectivity index (χ2n) is 8.26. The lowest BCUT2D eigenvalue weighted by atomic mass is 9.96. The molecule has 1 saturated carbocycles. The van der Waals surface area contributed by atoms with Gasteiger partial charge in [0.15, 0.2) is 5.96 Å². The molecule has 2 aromatic carbocycles. The van der Waals surface area contributed by atoms with Crippen LogP contribution >= 0.6 is 24.0 Å². The van der Waals surface area contributed by atoms with Crippen LogP contribution in [-0.2, 0) is 18.5 Å². The Morgan fingerprint density at radius 2 is 1.91 bits per heavy atom. The summed E-state index contributed by atoms with van der Waals surface area (Å²) < 4.78 is 15.8. The molecule has 1 aliphatic carbocycles. The normalized spacial score (nSPS) is 14.5. The molecule has 0 unspecified atom stereocenters. The number of imidazole rings is 1. The molecule has 0 spiro atoms. The van der Waals surface area contributed by atoms with Crippen molar-refractivity contribution in [2.24, 2.45) is 4.99 Å². The van der Waals surface area contributed by atoms with Crippen LogP contribution in [0.4, 0.5) is 4.39 Å². The summed E-state index contributed by atoms with van der Waals surface area (Å²) in [7, 11) is 0. The summed E-state index contributed by atoms with van der Waals surface area (Å²) in [4.78, 5) is 9.07. The molecule has 0 atom stereocenters. The zero-order valence-corrected chi connectivity index (χ0v) is 21.0. The van der Waals surface area contributed by atoms with E-state index < -0.39 is 0 Å². The molecule has 7 heteroatoms. The predicted molar refractivity (Wildman–Crippen MR) is 138 cm³/mol. The van der Waals surface area contributed by atoms with Gasteiger partial charge in [0.2, 0.25) is 0 Å². The summed E-state index contributed by atoms with van der Waals surface area (Å²) in [6, 6.07) is 15.5. The maximum atomic E-state index is 13.7. The molecular formula is C25H31FIN5. The molecule has 1 fully saturated rings. The Hall–Kier alpha value is -2.42. The Morgan fingerprint density at radius 1 is 1.12 bits per heavy atom. The number of guanidine groups is 1. The van der Waals surface area contributed by atoms with Crippen LogP contribution in [0.15, 0.2) is 65.9 Å². The van der Waals surface area contributed by atoms with Crippen molar-refractivity contribution in [3.8, 4) is 0 Å². The molecular weight excluding hydrogens is 516 g/mol. The number of aromatic nitrogens is 2. The fraction of sp³-hybridized carbons (Fsp3) is 0.360. The molecule has 32 heavy (non-hydrogen) atoms. The van der Waals surface area contributed by atoms with E-state index in [1.165, 1.54) is 17.2 Å². The Kier molecular flexibility index (Phi) is 8.28. The molecule has 1 aliphatic rings. The average molecular weight is 547 g/mol. The number of hydrogen-bond acceptors (Lipinski definition) is 2. The lowest BCUT2D eigenvalue weighted by Gasteiger charge is -2.19. The molecule has 0 bridgehead atoms. The second kappa shape index (κ2) is 10.9. The smallest absolute Gasteiger partial charge is 0.191 e. The van der Waals surface area contributed by atoms with E-state index in [0.717, 1.165) is 49.8 Å². The quantitative estimate of drug-likeness (QED) is 0.243. The van der Waals surface area contributed by atoms with Gasteiger partial charge in [0.25, 0.3) is 0 Å². The number of halogens is 2. The molecule has 0 aliphatic heterocycles. The number of aliphatic imine (C=N–C) groups is 1. The predicted octanol–water partition coefficient (Wildman–Crippen LogP) is 4.78. The van der Waals surface area contributed by atoms with E-state index in [1.54, 1.807) is 12.1 Å². The van der Waals surface area contributed by atoms with Gasteiger partial charge in [0.05, 0.1) is 6.54 Å². The van der Waals surface area contributed by atoms with Crippen LogP contribution in [0.2, 0.25) is 0 Å². The van der Waals surface area contributed by atoms with Gasteiger partial charge in [0, 0.05) is 37.4 Å². The first kappa shape index (κ1) is 24.2. The highest BCUT2D eigenvalue weighted by atomic mass is 127. The van der Waals surface area contributed by atoms with Crippen LogP contribution in [0.3, 0.4) is 0 Å². The average Bonchev–Trinajstić information content (AvgIpc) is 3.47. The van der Waals surface area contributed by atoms with Crippen molar-refractivity contribution in [2.45, 2.75) is 45.2 Å². The minimum absolute atomic E-state index is 0. The van der Waals surface area contributed by atoms with Crippen molar-refractivity contribution in [1.82, 2.24) is 20.2 Å². The third-order valence-corrected chi connectivity index (χ3v) is 5.92. The zero-order valence-electron chi connectivity index (χ0n) is 18.6. The summed E-state index contributed by atoms with van der Waals surface area (Å²) in [5.74, 6) is 1.63. The monoisotopic (exact) mass is 547 g/mol. The summed E-state index contributed by atoms with van der Waals surface area (Å²) >= 11 is 0. The third kappa shape index (κ3) is 6.09. The van der Waals surface area contributed by atoms with Gasteiger partial charge in [-0.3, -0.25) is 0 Å². The maximum Gasteiger partial charge on any atom is 0.191 e. The van der Waals surface area contributed by atoms with Crippen molar-refractivity contribution in [3.63, 3.8) is 0 Å². The van der Waals surface area contributed by atoms with Gasteiger partial charge >= 0.3 is 0 Å². The summed E-state index contributed by atoms with van der Waals surface area (Å²) in [6.45, 7) is 7.02. The van der Waals surface area contributed by atoms with E-state index in [2.05, 4.69) is 51.4 Å². The van der Waals surface area contributed by atoms with Crippen LogP contribution in [0.25, 0.3) is 0 Å². The van der Waals surface area contributed by atoms with E-state index in [1.807, 2.05) is 25.4 Å². The second-order valence-corrected chi connectivity index (χ2v) is 8.26. The molecule has 170 valence electrons. The molecule has 3 aromatic rings. The minimum atomic E-state index is -0.171. The van der Waals surface area contributed by atoms with Crippen LogP contribution < -0.4 is 10.6 Å². The van der Waals surface area contributed by atoms with Crippen molar-refractivity contribution < 1.29 is 4.39 Å². The maximum absolute atomic E-state index is 13.7. The number of benzene rings is 2. The molecule has 5 nitrogen and oxygen atoms in total. The Bertz CT molecular complexity index is 1060. The summed E-state index contributed by atoms with van der Waals surface area (Å²) in [5.41, 5.74) is 3.48. The molecule has 4 rings (SSSR count). The third-order valence-electron chi connectivity index (χ3n) is 5.92. The van der Waals surface area contributed by atoms with Crippen molar-refractivity contribution in [3.05, 3.63) is 89.3 Å². The van der Waals surface area contributed by atoms with Gasteiger partial charge in [-0.15, -0.1) is 24.0 Å². The van der Waals surface area contributed by atoms with Gasteiger partial charge in [-0.2, -0.15) is 0 Å². The van der Waals surface area contributed by atoms with Crippen LogP contribution in [0.5, 0.6) is 0 Å². The summed E-state index contributed by atoms with van der Waals surface area (Å²) in [6.07, 6.45) is 5.96. The Balaban J connectivity index is 0.00000289. The lowest BCUT2D eigenvalue weighted by molar-refractivity contribution is 0.607. The van der Waals surface area contributed by atoms with Crippen LogP contribution in [0.1, 0.15) is 42.3 Å². The highest BCUT2D eigenvalue weighted by Gasteiger charge is 2.44. The Morgan fingerprint density at radius 3 is 2.59 bits per heavy atom. The van der Waals surface area contributed by atoms with Gasteiger partial charge in [0.1, 0.15) is 11.6 Å². The first-order valence-electron chi connectivity index (χ1n) is 10.9. The largest absolute Gasteiger partial charge is 0.357 e. The fourth-order valence-corrected chi connectivity index (χ4v) is 3.90. The van der Waals surface area contributed by atoms with Gasteiger partial charge in [-0.25, -0.2) is 14.4 Å². The van der Waals surface area contributed by atoms with E-state index in [-0.39, 0.29) is 35.2 Å². The van der Waals surface area contributed by atoms with Gasteiger partial charge < -0.3 is 15.2 Å². The fourth-order valence-electron chi connectivity index (χ4n) is 3.90. The molecule has 1 aromatic heterocycles. The van der Waals surface area contributed by atoms with E-state index >= 15 is 0 Å². The van der Waals surface area contributed by atoms with E-state index in [9.17, 15) is 4.39 Å². The number of rotatable bonds is 8. The molecule has 0 saturated heterocycles. The van der Waals surface area contributed by atoms with Crippen molar-refractivity contribution >= 4 is 29.9 Å². The highest BCUT2D eigenvalue weighted by molar-refractivity contribution is 14.0. The number of nitrogens with zero attached hydrogens (tertiary/aromatic N) is 3. The van der Waals surface area contributed by atoms with Crippen molar-refractivity contribution in [1.29, 1.82) is 0 Å². The highest BCUT2D eigenvalue weighted by Crippen LogP contribution is 2.47. The van der Waals surface area contributed by atoms with Crippen molar-refractivity contribution in [2.75, 3.05) is 13.1 Å². The molecule has 2 N–H and O–H groups in total. The number of aryl methyl sites for hydroxylation is 1. The van der Waals surface area contributed by atoms with E-state index in [0.29, 0.717) is 6.54 Å². The van der Waals surface area contributed by atoms with Crippen LogP contribution in [-0.4, -0.2) is 28.6 Å².